The Hall–Kier alpha value is -0.230. The topological polar surface area (TPSA) is 0 Å². The molecule has 43 valence electrons. The van der Waals surface area contributed by atoms with E-state index in [9.17, 15) is 0 Å². The number of halogens is 1. The molecule has 1 aliphatic rings. The molecule has 0 aliphatic heterocycles. The van der Waals surface area contributed by atoms with Crippen molar-refractivity contribution in [3.8, 4) is 0 Å². The van der Waals surface area contributed by atoms with Gasteiger partial charge in [0.2, 0.25) is 0 Å². The Balaban J connectivity index is 2.65. The summed E-state index contributed by atoms with van der Waals surface area (Å²) in [6.45, 7) is 1.98. The minimum Gasteiger partial charge on any atom is -0.115 e. The van der Waals surface area contributed by atoms with Gasteiger partial charge in [0.1, 0.15) is 0 Å². The van der Waals surface area contributed by atoms with E-state index in [0.717, 1.165) is 6.42 Å². The zero-order chi connectivity index (χ0) is 6.04. The van der Waals surface area contributed by atoms with Gasteiger partial charge in [-0.15, -0.1) is 11.6 Å². The molecule has 0 aromatic carbocycles. The fourth-order valence-corrected chi connectivity index (χ4v) is 0.784. The van der Waals surface area contributed by atoms with Crippen molar-refractivity contribution in [1.82, 2.24) is 0 Å². The van der Waals surface area contributed by atoms with E-state index in [4.69, 9.17) is 11.6 Å². The van der Waals surface area contributed by atoms with Crippen LogP contribution in [0, 0.1) is 6.08 Å². The number of allylic oxidation sites excluding steroid dienone is 4. The molecule has 0 aromatic heterocycles. The Bertz CT molecular complexity index is 131. The summed E-state index contributed by atoms with van der Waals surface area (Å²) >= 11 is 5.90. The molecule has 1 radical (unpaired) electrons. The largest absolute Gasteiger partial charge is 0.115 e. The van der Waals surface area contributed by atoms with Crippen molar-refractivity contribution in [3.63, 3.8) is 0 Å². The van der Waals surface area contributed by atoms with Crippen LogP contribution in [0.1, 0.15) is 13.3 Å². The standard InChI is InChI=1S/C7H8Cl/c1-7(8)5-3-2-4-6-7/h2-3,5H,6H2,1H3. The zero-order valence-electron chi connectivity index (χ0n) is 4.82. The van der Waals surface area contributed by atoms with Gasteiger partial charge in [0.15, 0.2) is 0 Å². The SMILES string of the molecule is CC1(Cl)C=CC=[C]C1. The van der Waals surface area contributed by atoms with Crippen molar-refractivity contribution in [3.05, 3.63) is 24.3 Å². The highest BCUT2D eigenvalue weighted by Gasteiger charge is 2.15. The van der Waals surface area contributed by atoms with Gasteiger partial charge in [-0.3, -0.25) is 0 Å². The Morgan fingerprint density at radius 2 is 2.50 bits per heavy atom. The van der Waals surface area contributed by atoms with E-state index in [1.54, 1.807) is 0 Å². The molecule has 1 aliphatic carbocycles. The Labute approximate surface area is 54.8 Å². The van der Waals surface area contributed by atoms with Gasteiger partial charge in [0.25, 0.3) is 0 Å². The van der Waals surface area contributed by atoms with Crippen molar-refractivity contribution >= 4 is 11.6 Å². The van der Waals surface area contributed by atoms with Gasteiger partial charge in [-0.1, -0.05) is 18.2 Å². The molecule has 0 saturated carbocycles. The lowest BCUT2D eigenvalue weighted by Crippen LogP contribution is -2.12. The predicted octanol–water partition coefficient (Wildman–Crippen LogP) is 2.30. The number of rotatable bonds is 0. The molecule has 0 heterocycles. The lowest BCUT2D eigenvalue weighted by atomic mass is 10.0. The van der Waals surface area contributed by atoms with Crippen LogP contribution < -0.4 is 0 Å². The molecule has 0 amide bonds. The minimum atomic E-state index is -0.172. The maximum Gasteiger partial charge on any atom is 0.0641 e. The van der Waals surface area contributed by atoms with Crippen LogP contribution in [0.5, 0.6) is 0 Å². The Morgan fingerprint density at radius 3 is 2.75 bits per heavy atom. The van der Waals surface area contributed by atoms with E-state index in [0.29, 0.717) is 0 Å². The van der Waals surface area contributed by atoms with E-state index in [1.165, 1.54) is 0 Å². The average molecular weight is 128 g/mol. The van der Waals surface area contributed by atoms with Crippen molar-refractivity contribution < 1.29 is 0 Å². The van der Waals surface area contributed by atoms with Gasteiger partial charge in [0, 0.05) is 0 Å². The summed E-state index contributed by atoms with van der Waals surface area (Å²) in [6.07, 6.45) is 9.65. The summed E-state index contributed by atoms with van der Waals surface area (Å²) in [7, 11) is 0. The molecular formula is C7H8Cl. The van der Waals surface area contributed by atoms with Crippen molar-refractivity contribution in [2.24, 2.45) is 0 Å². The van der Waals surface area contributed by atoms with Crippen molar-refractivity contribution in [2.75, 3.05) is 0 Å². The monoisotopic (exact) mass is 127 g/mol. The van der Waals surface area contributed by atoms with Gasteiger partial charge in [0.05, 0.1) is 4.87 Å². The second-order valence-electron chi connectivity index (χ2n) is 2.18. The van der Waals surface area contributed by atoms with Crippen molar-refractivity contribution in [1.29, 1.82) is 0 Å². The number of hydrogen-bond acceptors (Lipinski definition) is 0. The summed E-state index contributed by atoms with van der Waals surface area (Å²) in [6, 6.07) is 0. The lowest BCUT2D eigenvalue weighted by molar-refractivity contribution is 0.770. The van der Waals surface area contributed by atoms with Gasteiger partial charge in [-0.05, 0) is 19.4 Å². The molecular weight excluding hydrogens is 120 g/mol. The van der Waals surface area contributed by atoms with Gasteiger partial charge < -0.3 is 0 Å². The fraction of sp³-hybridized carbons (Fsp3) is 0.429. The molecule has 0 aromatic rings. The molecule has 0 fully saturated rings. The van der Waals surface area contributed by atoms with Crippen LogP contribution in [-0.4, -0.2) is 4.87 Å². The minimum absolute atomic E-state index is 0.172. The maximum atomic E-state index is 5.90. The van der Waals surface area contributed by atoms with Gasteiger partial charge >= 0.3 is 0 Å². The van der Waals surface area contributed by atoms with E-state index in [1.807, 2.05) is 25.2 Å². The molecule has 0 nitrogen and oxygen atoms in total. The van der Waals surface area contributed by atoms with Crippen LogP contribution in [0.3, 0.4) is 0 Å². The van der Waals surface area contributed by atoms with Crippen LogP contribution in [0.25, 0.3) is 0 Å². The molecule has 1 unspecified atom stereocenters. The third-order valence-corrected chi connectivity index (χ3v) is 1.37. The summed E-state index contributed by atoms with van der Waals surface area (Å²) in [4.78, 5) is -0.172. The molecule has 0 bridgehead atoms. The molecule has 0 spiro atoms. The Morgan fingerprint density at radius 1 is 1.75 bits per heavy atom. The smallest absolute Gasteiger partial charge is 0.0641 e. The highest BCUT2D eigenvalue weighted by molar-refractivity contribution is 6.25. The van der Waals surface area contributed by atoms with Gasteiger partial charge in [-0.25, -0.2) is 0 Å². The van der Waals surface area contributed by atoms with Crippen LogP contribution >= 0.6 is 11.6 Å². The lowest BCUT2D eigenvalue weighted by Gasteiger charge is -2.15. The normalized spacial score (nSPS) is 35.8. The summed E-state index contributed by atoms with van der Waals surface area (Å²) in [5.74, 6) is 0. The molecule has 1 rings (SSSR count). The zero-order valence-corrected chi connectivity index (χ0v) is 5.57. The first kappa shape index (κ1) is 5.90. The van der Waals surface area contributed by atoms with E-state index < -0.39 is 0 Å². The van der Waals surface area contributed by atoms with Gasteiger partial charge in [-0.2, -0.15) is 0 Å². The molecule has 1 atom stereocenters. The summed E-state index contributed by atoms with van der Waals surface area (Å²) < 4.78 is 0. The van der Waals surface area contributed by atoms with Crippen LogP contribution in [0.4, 0.5) is 0 Å². The maximum absolute atomic E-state index is 5.90. The summed E-state index contributed by atoms with van der Waals surface area (Å²) in [5.41, 5.74) is 0. The van der Waals surface area contributed by atoms with E-state index >= 15 is 0 Å². The molecule has 8 heavy (non-hydrogen) atoms. The quantitative estimate of drug-likeness (QED) is 0.438. The highest BCUT2D eigenvalue weighted by Crippen LogP contribution is 2.23. The van der Waals surface area contributed by atoms with Crippen LogP contribution in [-0.2, 0) is 0 Å². The second-order valence-corrected chi connectivity index (χ2v) is 3.05. The molecule has 0 saturated heterocycles. The van der Waals surface area contributed by atoms with Crippen molar-refractivity contribution in [2.45, 2.75) is 18.2 Å². The van der Waals surface area contributed by atoms with Crippen LogP contribution in [0.2, 0.25) is 0 Å². The predicted molar refractivity (Wildman–Crippen MR) is 35.8 cm³/mol. The van der Waals surface area contributed by atoms with E-state index in [2.05, 4.69) is 6.08 Å². The molecule has 1 heteroatoms. The fourth-order valence-electron chi connectivity index (χ4n) is 0.634. The van der Waals surface area contributed by atoms with E-state index in [-0.39, 0.29) is 4.87 Å². The first-order valence-corrected chi connectivity index (χ1v) is 3.02. The number of hydrogen-bond donors (Lipinski definition) is 0. The number of alkyl halides is 1. The second kappa shape index (κ2) is 1.94. The third kappa shape index (κ3) is 1.38. The summed E-state index contributed by atoms with van der Waals surface area (Å²) in [5, 5.41) is 0. The Kier molecular flexibility index (Phi) is 1.43. The first-order chi connectivity index (χ1) is 3.71. The highest BCUT2D eigenvalue weighted by atomic mass is 35.5. The average Bonchev–Trinajstić information content (AvgIpc) is 1.65. The first-order valence-electron chi connectivity index (χ1n) is 2.64. The van der Waals surface area contributed by atoms with Crippen LogP contribution in [0.15, 0.2) is 18.2 Å². The molecule has 0 N–H and O–H groups in total. The third-order valence-electron chi connectivity index (χ3n) is 1.11.